The van der Waals surface area contributed by atoms with Crippen LogP contribution in [0.3, 0.4) is 0 Å². The van der Waals surface area contributed by atoms with E-state index in [-0.39, 0.29) is 17.8 Å². The molecule has 0 saturated carbocycles. The number of hydrogen-bond acceptors (Lipinski definition) is 4. The van der Waals surface area contributed by atoms with Gasteiger partial charge in [0.05, 0.1) is 12.6 Å². The Bertz CT molecular complexity index is 744. The Morgan fingerprint density at radius 2 is 2.00 bits per heavy atom. The molecule has 1 unspecified atom stereocenters. The van der Waals surface area contributed by atoms with Gasteiger partial charge in [-0.3, -0.25) is 4.79 Å². The number of carbonyl (C=O) groups excluding carboxylic acids is 1. The number of rotatable bonds is 8. The lowest BCUT2D eigenvalue weighted by atomic mass is 10.2. The standard InChI is InChI=1S/C21H24FNO4/c1-23(11-13-26-18-9-7-17(22)8-10-18)21(24)16-4-2-5-19(14-16)27-15-20-6-3-12-25-20/h2,4-5,7-10,14,20H,3,6,11-13,15H2,1H3. The predicted molar refractivity (Wildman–Crippen MR) is 99.8 cm³/mol. The number of hydrogen-bond donors (Lipinski definition) is 0. The van der Waals surface area contributed by atoms with Gasteiger partial charge in [-0.1, -0.05) is 6.07 Å². The Kier molecular flexibility index (Phi) is 6.65. The molecule has 2 aromatic rings. The van der Waals surface area contributed by atoms with Crippen LogP contribution in [0.4, 0.5) is 4.39 Å². The molecule has 1 fully saturated rings. The lowest BCUT2D eigenvalue weighted by Crippen LogP contribution is -2.30. The number of benzene rings is 2. The first kappa shape index (κ1) is 19.2. The number of carbonyl (C=O) groups is 1. The minimum atomic E-state index is -0.309. The van der Waals surface area contributed by atoms with E-state index in [4.69, 9.17) is 14.2 Å². The molecule has 1 aliphatic rings. The normalized spacial score (nSPS) is 16.1. The zero-order valence-electron chi connectivity index (χ0n) is 15.4. The van der Waals surface area contributed by atoms with Crippen LogP contribution >= 0.6 is 0 Å². The van der Waals surface area contributed by atoms with Gasteiger partial charge in [0.2, 0.25) is 0 Å². The van der Waals surface area contributed by atoms with E-state index in [0.29, 0.717) is 36.8 Å². The molecule has 1 amide bonds. The molecular weight excluding hydrogens is 349 g/mol. The molecule has 0 aromatic heterocycles. The van der Waals surface area contributed by atoms with Crippen LogP contribution in [-0.4, -0.2) is 50.3 Å². The smallest absolute Gasteiger partial charge is 0.253 e. The number of likely N-dealkylation sites (N-methyl/N-ethyl adjacent to an activating group) is 1. The second-order valence-corrected chi connectivity index (χ2v) is 6.50. The Morgan fingerprint density at radius 1 is 1.19 bits per heavy atom. The maximum Gasteiger partial charge on any atom is 0.253 e. The van der Waals surface area contributed by atoms with E-state index in [9.17, 15) is 9.18 Å². The van der Waals surface area contributed by atoms with Crippen molar-refractivity contribution in [2.45, 2.75) is 18.9 Å². The fourth-order valence-electron chi connectivity index (χ4n) is 2.84. The van der Waals surface area contributed by atoms with Gasteiger partial charge in [-0.25, -0.2) is 4.39 Å². The maximum absolute atomic E-state index is 12.9. The van der Waals surface area contributed by atoms with E-state index < -0.39 is 0 Å². The third kappa shape index (κ3) is 5.69. The summed E-state index contributed by atoms with van der Waals surface area (Å²) >= 11 is 0. The van der Waals surface area contributed by atoms with Crippen LogP contribution < -0.4 is 9.47 Å². The molecule has 6 heteroatoms. The molecule has 1 atom stereocenters. The van der Waals surface area contributed by atoms with Crippen molar-refractivity contribution in [3.8, 4) is 11.5 Å². The Balaban J connectivity index is 1.48. The topological polar surface area (TPSA) is 48.0 Å². The van der Waals surface area contributed by atoms with Crippen LogP contribution in [-0.2, 0) is 4.74 Å². The lowest BCUT2D eigenvalue weighted by Gasteiger charge is -2.18. The van der Waals surface area contributed by atoms with Crippen molar-refractivity contribution < 1.29 is 23.4 Å². The summed E-state index contributed by atoms with van der Waals surface area (Å²) < 4.78 is 29.7. The zero-order chi connectivity index (χ0) is 19.1. The first-order chi connectivity index (χ1) is 13.1. The summed E-state index contributed by atoms with van der Waals surface area (Å²) in [6, 6.07) is 13.0. The van der Waals surface area contributed by atoms with Crippen LogP contribution in [0.5, 0.6) is 11.5 Å². The highest BCUT2D eigenvalue weighted by Crippen LogP contribution is 2.18. The van der Waals surface area contributed by atoms with Crippen LogP contribution in [0.15, 0.2) is 48.5 Å². The summed E-state index contributed by atoms with van der Waals surface area (Å²) in [6.45, 7) is 2.02. The molecule has 0 radical (unpaired) electrons. The van der Waals surface area contributed by atoms with Crippen molar-refractivity contribution in [3.05, 3.63) is 59.9 Å². The van der Waals surface area contributed by atoms with Gasteiger partial charge in [0.1, 0.15) is 30.5 Å². The number of halogens is 1. The summed E-state index contributed by atoms with van der Waals surface area (Å²) in [6.07, 6.45) is 2.21. The van der Waals surface area contributed by atoms with Crippen LogP contribution in [0.25, 0.3) is 0 Å². The molecule has 27 heavy (non-hydrogen) atoms. The second kappa shape index (κ2) is 9.37. The number of ether oxygens (including phenoxy) is 3. The molecule has 0 aliphatic carbocycles. The summed E-state index contributed by atoms with van der Waals surface area (Å²) in [5.41, 5.74) is 0.559. The molecule has 5 nitrogen and oxygen atoms in total. The predicted octanol–water partition coefficient (Wildman–Crippen LogP) is 3.53. The maximum atomic E-state index is 12.9. The summed E-state index contributed by atoms with van der Waals surface area (Å²) in [7, 11) is 1.72. The Morgan fingerprint density at radius 3 is 2.74 bits per heavy atom. The zero-order valence-corrected chi connectivity index (χ0v) is 15.4. The largest absolute Gasteiger partial charge is 0.492 e. The van der Waals surface area contributed by atoms with Crippen molar-refractivity contribution in [1.29, 1.82) is 0 Å². The average Bonchev–Trinajstić information content (AvgIpc) is 3.21. The Labute approximate surface area is 158 Å². The highest BCUT2D eigenvalue weighted by molar-refractivity contribution is 5.94. The van der Waals surface area contributed by atoms with Crippen molar-refractivity contribution in [3.63, 3.8) is 0 Å². The highest BCUT2D eigenvalue weighted by atomic mass is 19.1. The monoisotopic (exact) mass is 373 g/mol. The van der Waals surface area contributed by atoms with Crippen LogP contribution in [0.1, 0.15) is 23.2 Å². The quantitative estimate of drug-likeness (QED) is 0.710. The van der Waals surface area contributed by atoms with Gasteiger partial charge >= 0.3 is 0 Å². The van der Waals surface area contributed by atoms with Crippen molar-refractivity contribution >= 4 is 5.91 Å². The highest BCUT2D eigenvalue weighted by Gasteiger charge is 2.17. The summed E-state index contributed by atoms with van der Waals surface area (Å²) in [4.78, 5) is 14.2. The van der Waals surface area contributed by atoms with Gasteiger partial charge in [-0.15, -0.1) is 0 Å². The second-order valence-electron chi connectivity index (χ2n) is 6.50. The van der Waals surface area contributed by atoms with Gasteiger partial charge in [0.15, 0.2) is 0 Å². The van der Waals surface area contributed by atoms with E-state index in [1.54, 1.807) is 42.3 Å². The minimum absolute atomic E-state index is 0.111. The summed E-state index contributed by atoms with van der Waals surface area (Å²) in [5.74, 6) is 0.811. The first-order valence-electron chi connectivity index (χ1n) is 9.10. The first-order valence-corrected chi connectivity index (χ1v) is 9.10. The van der Waals surface area contributed by atoms with Gasteiger partial charge in [-0.2, -0.15) is 0 Å². The van der Waals surface area contributed by atoms with Gasteiger partial charge < -0.3 is 19.1 Å². The average molecular weight is 373 g/mol. The molecule has 1 heterocycles. The van der Waals surface area contributed by atoms with Crippen molar-refractivity contribution in [2.75, 3.05) is 33.4 Å². The molecule has 1 saturated heterocycles. The van der Waals surface area contributed by atoms with E-state index in [0.717, 1.165) is 19.4 Å². The molecule has 2 aromatic carbocycles. The van der Waals surface area contributed by atoms with E-state index in [2.05, 4.69) is 0 Å². The van der Waals surface area contributed by atoms with Crippen LogP contribution in [0, 0.1) is 5.82 Å². The molecular formula is C21H24FNO4. The fraction of sp³-hybridized carbons (Fsp3) is 0.381. The Hall–Kier alpha value is -2.60. The van der Waals surface area contributed by atoms with Gasteiger partial charge in [0, 0.05) is 19.2 Å². The summed E-state index contributed by atoms with van der Waals surface area (Å²) in [5, 5.41) is 0. The molecule has 0 N–H and O–H groups in total. The number of nitrogens with zero attached hydrogens (tertiary/aromatic N) is 1. The van der Waals surface area contributed by atoms with Crippen molar-refractivity contribution in [2.24, 2.45) is 0 Å². The van der Waals surface area contributed by atoms with Gasteiger partial charge in [0.25, 0.3) is 5.91 Å². The molecule has 3 rings (SSSR count). The molecule has 0 spiro atoms. The van der Waals surface area contributed by atoms with E-state index in [1.165, 1.54) is 12.1 Å². The third-order valence-corrected chi connectivity index (χ3v) is 4.40. The molecule has 144 valence electrons. The molecule has 1 aliphatic heterocycles. The number of amides is 1. The molecule has 0 bridgehead atoms. The minimum Gasteiger partial charge on any atom is -0.492 e. The van der Waals surface area contributed by atoms with Crippen molar-refractivity contribution in [1.82, 2.24) is 4.90 Å². The van der Waals surface area contributed by atoms with Crippen LogP contribution in [0.2, 0.25) is 0 Å². The lowest BCUT2D eigenvalue weighted by molar-refractivity contribution is 0.0678. The van der Waals surface area contributed by atoms with E-state index in [1.807, 2.05) is 6.07 Å². The third-order valence-electron chi connectivity index (χ3n) is 4.40. The SMILES string of the molecule is CN(CCOc1ccc(F)cc1)C(=O)c1cccc(OCC2CCCO2)c1. The fourth-order valence-corrected chi connectivity index (χ4v) is 2.84. The van der Waals surface area contributed by atoms with E-state index >= 15 is 0 Å². The van der Waals surface area contributed by atoms with Gasteiger partial charge in [-0.05, 0) is 55.3 Å².